The number of carbonyl (C=O) groups excluding carboxylic acids is 2. The lowest BCUT2D eigenvalue weighted by atomic mass is 10.0. The Hall–Kier alpha value is -4.10. The third-order valence-electron chi connectivity index (χ3n) is 5.89. The van der Waals surface area contributed by atoms with E-state index in [9.17, 15) is 24.3 Å². The fourth-order valence-corrected chi connectivity index (χ4v) is 6.98. The number of nitrogens with zero attached hydrogens (tertiary/aromatic N) is 5. The molecule has 1 fully saturated rings. The summed E-state index contributed by atoms with van der Waals surface area (Å²) >= 11 is 3.64. The number of thiazole rings is 1. The van der Waals surface area contributed by atoms with Gasteiger partial charge >= 0.3 is 17.9 Å². The topological polar surface area (TPSA) is 253 Å². The molecule has 41 heavy (non-hydrogen) atoms. The van der Waals surface area contributed by atoms with Gasteiger partial charge in [-0.3, -0.25) is 25.0 Å². The Bertz CT molecular complexity index is 1480. The molecule has 2 aromatic rings. The van der Waals surface area contributed by atoms with Gasteiger partial charge < -0.3 is 31.8 Å². The number of thioether (sulfide) groups is 2. The second-order valence-electron chi connectivity index (χ2n) is 8.87. The van der Waals surface area contributed by atoms with Crippen LogP contribution >= 0.6 is 34.9 Å². The van der Waals surface area contributed by atoms with Crippen LogP contribution in [-0.2, 0) is 31.1 Å². The summed E-state index contributed by atoms with van der Waals surface area (Å²) in [6.07, 6.45) is -1.22. The lowest BCUT2D eigenvalue weighted by Gasteiger charge is -2.49. The maximum Gasteiger partial charge on any atom is 0.392 e. The second-order valence-corrected chi connectivity index (χ2v) is 11.9. The molecule has 16 nitrogen and oxygen atoms in total. The molecule has 4 heterocycles. The third-order valence-corrected chi connectivity index (χ3v) is 9.08. The molecular weight excluding hydrogens is 598 g/mol. The molecule has 0 spiro atoms. The normalized spacial score (nSPS) is 19.3. The van der Waals surface area contributed by atoms with Crippen molar-refractivity contribution in [2.75, 3.05) is 28.7 Å². The first kappa shape index (κ1) is 29.9. The Kier molecular flexibility index (Phi) is 8.88. The third kappa shape index (κ3) is 6.46. The molecule has 19 heteroatoms. The zero-order valence-corrected chi connectivity index (χ0v) is 24.1. The quantitative estimate of drug-likeness (QED) is 0.0448. The number of nitrogens with one attached hydrogen (secondary N) is 1. The van der Waals surface area contributed by atoms with Gasteiger partial charge in [0.1, 0.15) is 33.9 Å². The minimum Gasteiger partial charge on any atom is -0.481 e. The Balaban J connectivity index is 1.51. The van der Waals surface area contributed by atoms with Crippen LogP contribution in [0.1, 0.15) is 19.0 Å². The van der Waals surface area contributed by atoms with Crippen LogP contribution in [0.5, 0.6) is 0 Å². The number of carboxylic acids is 2. The standard InChI is InChI=1S/C22H25N9O7S3/c1-8(3-13(32)33)38-29-14(10-7-41-22(25)26-10)17(34)28-15-18(35)31-16(20(36)37)9(6-40-19(15)31)5-39-12-4-11(23)27-21(24)30(12)2/h4,7-8,15,19H,3,5-6H2,1-2H3,(H8,23,24,25,26,27,28,32,33,34,36,37)/p+1/b29-14-/t8?,15-,19-/m1/s1. The molecule has 0 bridgehead atoms. The monoisotopic (exact) mass is 624 g/mol. The first-order chi connectivity index (χ1) is 19.4. The van der Waals surface area contributed by atoms with Gasteiger partial charge in [-0.15, -0.1) is 23.1 Å². The predicted molar refractivity (Wildman–Crippen MR) is 151 cm³/mol. The van der Waals surface area contributed by atoms with Gasteiger partial charge in [-0.2, -0.15) is 0 Å². The van der Waals surface area contributed by atoms with Crippen LogP contribution in [-0.4, -0.2) is 83.6 Å². The number of rotatable bonds is 11. The highest BCUT2D eigenvalue weighted by atomic mass is 32.2. The van der Waals surface area contributed by atoms with Crippen molar-refractivity contribution in [1.82, 2.24) is 20.2 Å². The number of hydrogen-bond acceptors (Lipinski definition) is 14. The Morgan fingerprint density at radius 1 is 1.32 bits per heavy atom. The molecule has 0 aromatic carbocycles. The summed E-state index contributed by atoms with van der Waals surface area (Å²) in [6, 6.07) is 0.564. The fraction of sp³-hybridized carbons (Fsp3) is 0.364. The van der Waals surface area contributed by atoms with Crippen molar-refractivity contribution in [3.63, 3.8) is 0 Å². The number of anilines is 3. The Morgan fingerprint density at radius 3 is 2.68 bits per heavy atom. The fourth-order valence-electron chi connectivity index (χ4n) is 3.91. The van der Waals surface area contributed by atoms with E-state index >= 15 is 0 Å². The van der Waals surface area contributed by atoms with Crippen LogP contribution in [0.4, 0.5) is 16.9 Å². The average molecular weight is 625 g/mol. The number of fused-ring (bicyclic) bond motifs is 1. The van der Waals surface area contributed by atoms with E-state index in [1.54, 1.807) is 17.7 Å². The summed E-state index contributed by atoms with van der Waals surface area (Å²) in [5, 5.41) is 26.9. The molecule has 1 saturated heterocycles. The average Bonchev–Trinajstić information content (AvgIpc) is 3.33. The molecule has 218 valence electrons. The van der Waals surface area contributed by atoms with E-state index in [0.29, 0.717) is 10.6 Å². The minimum atomic E-state index is -1.27. The van der Waals surface area contributed by atoms with Crippen molar-refractivity contribution < 1.29 is 38.8 Å². The van der Waals surface area contributed by atoms with Crippen LogP contribution in [0.2, 0.25) is 0 Å². The number of nitrogen functional groups attached to an aromatic ring is 3. The first-order valence-corrected chi connectivity index (χ1v) is 14.7. The molecule has 0 radical (unpaired) electrons. The Morgan fingerprint density at radius 2 is 2.05 bits per heavy atom. The lowest BCUT2D eigenvalue weighted by Crippen LogP contribution is -2.71. The summed E-state index contributed by atoms with van der Waals surface area (Å²) in [5.74, 6) is -2.89. The lowest BCUT2D eigenvalue weighted by molar-refractivity contribution is -0.696. The predicted octanol–water partition coefficient (Wildman–Crippen LogP) is -0.776. The van der Waals surface area contributed by atoms with Gasteiger partial charge in [0.2, 0.25) is 5.82 Å². The van der Waals surface area contributed by atoms with Gasteiger partial charge in [0.25, 0.3) is 11.8 Å². The molecule has 0 saturated carbocycles. The van der Waals surface area contributed by atoms with Gasteiger partial charge in [0, 0.05) is 23.0 Å². The SMILES string of the molecule is CC(CC(=O)O)O/N=C(\C(=O)N[C@@H]1C(=O)N2C(C(=O)O)=C(CSc3cc(N)nc(N)[n+]3C)CS[C@H]12)c1csc(N)n1. The number of aromatic nitrogens is 3. The van der Waals surface area contributed by atoms with Gasteiger partial charge in [-0.25, -0.2) is 14.3 Å². The molecule has 1 unspecified atom stereocenters. The second kappa shape index (κ2) is 12.2. The maximum absolute atomic E-state index is 13.2. The number of aliphatic carboxylic acids is 2. The highest BCUT2D eigenvalue weighted by Crippen LogP contribution is 2.41. The van der Waals surface area contributed by atoms with Crippen LogP contribution in [0.3, 0.4) is 0 Å². The number of carbonyl (C=O) groups is 4. The molecule has 2 aromatic heterocycles. The van der Waals surface area contributed by atoms with Gasteiger partial charge in [-0.05, 0) is 12.5 Å². The Labute approximate surface area is 245 Å². The number of β-lactam (4-membered cyclic amide) rings is 1. The van der Waals surface area contributed by atoms with Crippen molar-refractivity contribution in [3.8, 4) is 0 Å². The highest BCUT2D eigenvalue weighted by molar-refractivity contribution is 8.01. The van der Waals surface area contributed by atoms with Gasteiger partial charge in [0.15, 0.2) is 10.8 Å². The van der Waals surface area contributed by atoms with E-state index in [-0.39, 0.29) is 51.9 Å². The summed E-state index contributed by atoms with van der Waals surface area (Å²) < 4.78 is 1.61. The van der Waals surface area contributed by atoms with E-state index in [1.807, 2.05) is 0 Å². The van der Waals surface area contributed by atoms with E-state index in [4.69, 9.17) is 27.1 Å². The van der Waals surface area contributed by atoms with Gasteiger partial charge in [-0.1, -0.05) is 21.9 Å². The van der Waals surface area contributed by atoms with Crippen LogP contribution in [0, 0.1) is 0 Å². The molecule has 2 aliphatic rings. The zero-order valence-electron chi connectivity index (χ0n) is 21.6. The number of amides is 2. The minimum absolute atomic E-state index is 0.0726. The zero-order chi connectivity index (χ0) is 30.0. The number of oxime groups is 1. The number of nitrogens with two attached hydrogens (primary N) is 3. The summed E-state index contributed by atoms with van der Waals surface area (Å²) in [7, 11) is 1.70. The molecule has 2 aliphatic heterocycles. The molecular formula is C22H26N9O7S3+. The van der Waals surface area contributed by atoms with Crippen LogP contribution < -0.4 is 27.1 Å². The summed E-state index contributed by atoms with van der Waals surface area (Å²) in [5.41, 5.74) is 17.4. The van der Waals surface area contributed by atoms with E-state index in [0.717, 1.165) is 16.2 Å². The van der Waals surface area contributed by atoms with Crippen LogP contribution in [0.25, 0.3) is 0 Å². The van der Waals surface area contributed by atoms with E-state index in [2.05, 4.69) is 20.4 Å². The highest BCUT2D eigenvalue weighted by Gasteiger charge is 2.54. The first-order valence-electron chi connectivity index (χ1n) is 11.8. The van der Waals surface area contributed by atoms with Gasteiger partial charge in [0.05, 0.1) is 13.5 Å². The molecule has 3 atom stereocenters. The molecule has 9 N–H and O–H groups in total. The molecule has 2 amide bonds. The van der Waals surface area contributed by atoms with Crippen LogP contribution in [0.15, 0.2) is 32.9 Å². The number of carboxylic acid groups (broad SMARTS) is 2. The van der Waals surface area contributed by atoms with Crippen molar-refractivity contribution >= 4 is 81.2 Å². The smallest absolute Gasteiger partial charge is 0.392 e. The van der Waals surface area contributed by atoms with Crippen molar-refractivity contribution in [2.45, 2.75) is 35.9 Å². The van der Waals surface area contributed by atoms with Crippen molar-refractivity contribution in [1.29, 1.82) is 0 Å². The summed E-state index contributed by atoms with van der Waals surface area (Å²) in [6.45, 7) is 1.46. The largest absolute Gasteiger partial charge is 0.481 e. The molecule has 4 rings (SSSR count). The summed E-state index contributed by atoms with van der Waals surface area (Å²) in [4.78, 5) is 63.8. The molecule has 0 aliphatic carbocycles. The van der Waals surface area contributed by atoms with E-state index < -0.39 is 41.3 Å². The maximum atomic E-state index is 13.2. The van der Waals surface area contributed by atoms with Crippen molar-refractivity contribution in [2.24, 2.45) is 12.2 Å². The van der Waals surface area contributed by atoms with Crippen molar-refractivity contribution in [3.05, 3.63) is 28.4 Å². The van der Waals surface area contributed by atoms with E-state index in [1.165, 1.54) is 35.8 Å². The number of hydrogen-bond donors (Lipinski definition) is 6.